The van der Waals surface area contributed by atoms with Crippen LogP contribution in [0.1, 0.15) is 13.8 Å². The highest BCUT2D eigenvalue weighted by Crippen LogP contribution is 2.27. The van der Waals surface area contributed by atoms with Crippen LogP contribution in [-0.4, -0.2) is 34.3 Å². The Morgan fingerprint density at radius 1 is 1.44 bits per heavy atom. The van der Waals surface area contributed by atoms with Crippen molar-refractivity contribution in [3.63, 3.8) is 0 Å². The Morgan fingerprint density at radius 3 is 2.88 bits per heavy atom. The summed E-state index contributed by atoms with van der Waals surface area (Å²) < 4.78 is 1.06. The molecule has 2 heterocycles. The predicted octanol–water partition coefficient (Wildman–Crippen LogP) is 1.90. The molecule has 0 aliphatic heterocycles. The lowest BCUT2D eigenvalue weighted by Crippen LogP contribution is -2.36. The van der Waals surface area contributed by atoms with E-state index in [1.807, 2.05) is 23.4 Å². The highest BCUT2D eigenvalue weighted by Gasteiger charge is 2.18. The zero-order chi connectivity index (χ0) is 11.8. The molecular formula is C11H15N3OS. The highest BCUT2D eigenvalue weighted by molar-refractivity contribution is 7.17. The SMILES string of the molecule is CN(CC(C)(C)O)c1ncnc2ccsc12. The molecule has 0 bridgehead atoms. The van der Waals surface area contributed by atoms with Gasteiger partial charge in [0.1, 0.15) is 12.1 Å². The zero-order valence-electron chi connectivity index (χ0n) is 9.64. The molecule has 0 aromatic carbocycles. The maximum absolute atomic E-state index is 9.79. The van der Waals surface area contributed by atoms with Gasteiger partial charge in [-0.15, -0.1) is 11.3 Å². The van der Waals surface area contributed by atoms with E-state index in [0.717, 1.165) is 16.0 Å². The molecule has 0 atom stereocenters. The van der Waals surface area contributed by atoms with Crippen molar-refractivity contribution in [1.29, 1.82) is 0 Å². The van der Waals surface area contributed by atoms with Crippen LogP contribution in [0, 0.1) is 0 Å². The van der Waals surface area contributed by atoms with E-state index >= 15 is 0 Å². The second-order valence-electron chi connectivity index (χ2n) is 4.50. The molecule has 0 saturated carbocycles. The molecule has 0 saturated heterocycles. The van der Waals surface area contributed by atoms with Gasteiger partial charge in [-0.2, -0.15) is 0 Å². The van der Waals surface area contributed by atoms with Crippen LogP contribution < -0.4 is 4.90 Å². The minimum atomic E-state index is -0.733. The van der Waals surface area contributed by atoms with Gasteiger partial charge in [-0.05, 0) is 25.3 Å². The minimum Gasteiger partial charge on any atom is -0.389 e. The lowest BCUT2D eigenvalue weighted by Gasteiger charge is -2.26. The topological polar surface area (TPSA) is 49.2 Å². The van der Waals surface area contributed by atoms with Crippen LogP contribution in [0.15, 0.2) is 17.8 Å². The predicted molar refractivity (Wildman–Crippen MR) is 67.0 cm³/mol. The van der Waals surface area contributed by atoms with Crippen LogP contribution in [-0.2, 0) is 0 Å². The van der Waals surface area contributed by atoms with Crippen molar-refractivity contribution in [3.05, 3.63) is 17.8 Å². The van der Waals surface area contributed by atoms with Crippen molar-refractivity contribution in [2.45, 2.75) is 19.4 Å². The minimum absolute atomic E-state index is 0.539. The van der Waals surface area contributed by atoms with Crippen molar-refractivity contribution in [2.24, 2.45) is 0 Å². The van der Waals surface area contributed by atoms with Gasteiger partial charge in [-0.25, -0.2) is 9.97 Å². The summed E-state index contributed by atoms with van der Waals surface area (Å²) in [4.78, 5) is 10.4. The molecular weight excluding hydrogens is 222 g/mol. The van der Waals surface area contributed by atoms with Gasteiger partial charge in [0.2, 0.25) is 0 Å². The number of likely N-dealkylation sites (N-methyl/N-ethyl adjacent to an activating group) is 1. The Balaban J connectivity index is 2.36. The molecule has 86 valence electrons. The Kier molecular flexibility index (Phi) is 2.82. The molecule has 2 aromatic rings. The number of thiophene rings is 1. The van der Waals surface area contributed by atoms with Gasteiger partial charge < -0.3 is 10.0 Å². The Hall–Kier alpha value is -1.20. The van der Waals surface area contributed by atoms with Crippen LogP contribution >= 0.6 is 11.3 Å². The number of hydrogen-bond donors (Lipinski definition) is 1. The molecule has 2 rings (SSSR count). The number of aromatic nitrogens is 2. The first-order valence-corrected chi connectivity index (χ1v) is 5.97. The van der Waals surface area contributed by atoms with E-state index in [-0.39, 0.29) is 0 Å². The first kappa shape index (κ1) is 11.3. The quantitative estimate of drug-likeness (QED) is 0.885. The molecule has 0 fully saturated rings. The van der Waals surface area contributed by atoms with Crippen LogP contribution in [0.2, 0.25) is 0 Å². The van der Waals surface area contributed by atoms with Crippen molar-refractivity contribution in [1.82, 2.24) is 9.97 Å². The Labute approximate surface area is 98.6 Å². The smallest absolute Gasteiger partial charge is 0.149 e. The second-order valence-corrected chi connectivity index (χ2v) is 5.42. The fourth-order valence-corrected chi connectivity index (χ4v) is 2.59. The average Bonchev–Trinajstić information content (AvgIpc) is 2.61. The lowest BCUT2D eigenvalue weighted by atomic mass is 10.1. The number of anilines is 1. The van der Waals surface area contributed by atoms with E-state index in [9.17, 15) is 5.11 Å². The second kappa shape index (κ2) is 3.99. The van der Waals surface area contributed by atoms with E-state index in [4.69, 9.17) is 0 Å². The Bertz CT molecular complexity index is 489. The molecule has 4 nitrogen and oxygen atoms in total. The van der Waals surface area contributed by atoms with E-state index in [0.29, 0.717) is 6.54 Å². The molecule has 0 spiro atoms. The van der Waals surface area contributed by atoms with E-state index in [1.54, 1.807) is 31.5 Å². The summed E-state index contributed by atoms with van der Waals surface area (Å²) in [7, 11) is 1.93. The van der Waals surface area contributed by atoms with Crippen molar-refractivity contribution >= 4 is 27.4 Å². The van der Waals surface area contributed by atoms with Crippen LogP contribution in [0.3, 0.4) is 0 Å². The number of fused-ring (bicyclic) bond motifs is 1. The van der Waals surface area contributed by atoms with Gasteiger partial charge in [0.15, 0.2) is 0 Å². The molecule has 2 aromatic heterocycles. The molecule has 16 heavy (non-hydrogen) atoms. The standard InChI is InChI=1S/C11H15N3OS/c1-11(2,15)6-14(3)10-9-8(4-5-16-9)12-7-13-10/h4-5,7,15H,6H2,1-3H3. The number of rotatable bonds is 3. The third-order valence-corrected chi connectivity index (χ3v) is 3.11. The number of aliphatic hydroxyl groups is 1. The third-order valence-electron chi connectivity index (χ3n) is 2.21. The molecule has 0 radical (unpaired) electrons. The van der Waals surface area contributed by atoms with Crippen LogP contribution in [0.25, 0.3) is 10.2 Å². The average molecular weight is 237 g/mol. The van der Waals surface area contributed by atoms with Crippen LogP contribution in [0.5, 0.6) is 0 Å². The first-order valence-electron chi connectivity index (χ1n) is 5.09. The summed E-state index contributed by atoms with van der Waals surface area (Å²) in [5.74, 6) is 0.877. The van der Waals surface area contributed by atoms with Crippen molar-refractivity contribution < 1.29 is 5.11 Å². The van der Waals surface area contributed by atoms with Gasteiger partial charge >= 0.3 is 0 Å². The maximum Gasteiger partial charge on any atom is 0.149 e. The molecule has 5 heteroatoms. The normalized spacial score (nSPS) is 12.0. The van der Waals surface area contributed by atoms with E-state index in [1.165, 1.54) is 0 Å². The number of hydrogen-bond acceptors (Lipinski definition) is 5. The molecule has 0 aliphatic carbocycles. The molecule has 0 aliphatic rings. The number of nitrogens with zero attached hydrogens (tertiary/aromatic N) is 3. The zero-order valence-corrected chi connectivity index (χ0v) is 10.5. The molecule has 1 N–H and O–H groups in total. The summed E-state index contributed by atoms with van der Waals surface area (Å²) in [5, 5.41) is 11.8. The van der Waals surface area contributed by atoms with E-state index in [2.05, 4.69) is 9.97 Å². The summed E-state index contributed by atoms with van der Waals surface area (Å²) in [6.07, 6.45) is 1.56. The molecule has 0 amide bonds. The fourth-order valence-electron chi connectivity index (χ4n) is 1.70. The summed E-state index contributed by atoms with van der Waals surface area (Å²) in [5.41, 5.74) is 0.223. The highest BCUT2D eigenvalue weighted by atomic mass is 32.1. The van der Waals surface area contributed by atoms with Crippen molar-refractivity contribution in [3.8, 4) is 0 Å². The lowest BCUT2D eigenvalue weighted by molar-refractivity contribution is 0.0885. The van der Waals surface area contributed by atoms with Gasteiger partial charge in [0.05, 0.1) is 15.8 Å². The third kappa shape index (κ3) is 2.31. The van der Waals surface area contributed by atoms with Gasteiger partial charge in [-0.1, -0.05) is 0 Å². The first-order chi connectivity index (χ1) is 7.47. The Morgan fingerprint density at radius 2 is 2.19 bits per heavy atom. The fraction of sp³-hybridized carbons (Fsp3) is 0.455. The van der Waals surface area contributed by atoms with Gasteiger partial charge in [0, 0.05) is 13.6 Å². The van der Waals surface area contributed by atoms with Gasteiger partial charge in [-0.3, -0.25) is 0 Å². The summed E-state index contributed by atoms with van der Waals surface area (Å²) in [6.45, 7) is 4.11. The van der Waals surface area contributed by atoms with E-state index < -0.39 is 5.60 Å². The monoisotopic (exact) mass is 237 g/mol. The van der Waals surface area contributed by atoms with Gasteiger partial charge in [0.25, 0.3) is 0 Å². The van der Waals surface area contributed by atoms with Crippen molar-refractivity contribution in [2.75, 3.05) is 18.5 Å². The maximum atomic E-state index is 9.79. The largest absolute Gasteiger partial charge is 0.389 e. The summed E-state index contributed by atoms with van der Waals surface area (Å²) >= 11 is 1.62. The molecule has 0 unspecified atom stereocenters. The van der Waals surface area contributed by atoms with Crippen LogP contribution in [0.4, 0.5) is 5.82 Å². The summed E-state index contributed by atoms with van der Waals surface area (Å²) in [6, 6.07) is 1.98.